The molecule has 12 unspecified atom stereocenters. The van der Waals surface area contributed by atoms with E-state index in [2.05, 4.69) is 104 Å². The Morgan fingerprint density at radius 3 is 1.36 bits per heavy atom. The molecule has 0 aromatic rings. The number of ether oxygens (including phenoxy) is 4. The lowest BCUT2D eigenvalue weighted by Gasteiger charge is -2.46. The van der Waals surface area contributed by atoms with Crippen LogP contribution in [0, 0.1) is 0 Å². The topological polar surface area (TPSA) is 228 Å². The highest BCUT2D eigenvalue weighted by Crippen LogP contribution is 2.30. The Labute approximate surface area is 490 Å². The van der Waals surface area contributed by atoms with Crippen LogP contribution in [-0.4, -0.2) is 140 Å². The number of hydrogen-bond acceptors (Lipinski definition) is 13. The molecule has 0 radical (unpaired) electrons. The van der Waals surface area contributed by atoms with Crippen molar-refractivity contribution in [2.75, 3.05) is 19.8 Å². The van der Waals surface area contributed by atoms with Crippen molar-refractivity contribution in [2.45, 2.75) is 299 Å². The zero-order valence-corrected chi connectivity index (χ0v) is 50.2. The van der Waals surface area contributed by atoms with Gasteiger partial charge in [-0.2, -0.15) is 0 Å². The van der Waals surface area contributed by atoms with Crippen LogP contribution < -0.4 is 5.32 Å². The van der Waals surface area contributed by atoms with Crippen molar-refractivity contribution in [1.82, 2.24) is 5.32 Å². The second kappa shape index (κ2) is 51.3. The Balaban J connectivity index is 1.65. The first-order chi connectivity index (χ1) is 39.6. The Morgan fingerprint density at radius 2 is 0.864 bits per heavy atom. The minimum atomic E-state index is -1.80. The van der Waals surface area contributed by atoms with E-state index in [0.29, 0.717) is 12.8 Å². The summed E-state index contributed by atoms with van der Waals surface area (Å²) in [4.78, 5) is 13.3. The van der Waals surface area contributed by atoms with Gasteiger partial charge >= 0.3 is 0 Å². The number of unbranched alkanes of at least 4 members (excludes halogenated alkanes) is 23. The lowest BCUT2D eigenvalue weighted by atomic mass is 9.97. The van der Waals surface area contributed by atoms with Crippen LogP contribution in [0.5, 0.6) is 0 Å². The van der Waals surface area contributed by atoms with Crippen LogP contribution in [0.1, 0.15) is 226 Å². The molecule has 0 bridgehead atoms. The average Bonchev–Trinajstić information content (AvgIpc) is 3.47. The molecule has 2 aliphatic rings. The Bertz CT molecular complexity index is 1730. The van der Waals surface area contributed by atoms with E-state index in [0.717, 1.165) is 77.0 Å². The monoisotopic (exact) mass is 1140 g/mol. The first-order valence-electron chi connectivity index (χ1n) is 32.0. The molecule has 2 fully saturated rings. The molecule has 0 saturated carbocycles. The van der Waals surface area contributed by atoms with E-state index < -0.39 is 86.8 Å². The van der Waals surface area contributed by atoms with Crippen LogP contribution in [0.25, 0.3) is 0 Å². The smallest absolute Gasteiger partial charge is 0.220 e. The first-order valence-corrected chi connectivity index (χ1v) is 32.0. The fraction of sp³-hybridized carbons (Fsp3) is 0.746. The molecule has 0 aliphatic carbocycles. The van der Waals surface area contributed by atoms with E-state index in [9.17, 15) is 45.6 Å². The fourth-order valence-corrected chi connectivity index (χ4v) is 9.88. The summed E-state index contributed by atoms with van der Waals surface area (Å²) in [6.07, 6.45) is 54.6. The van der Waals surface area contributed by atoms with Gasteiger partial charge in [-0.1, -0.05) is 227 Å². The van der Waals surface area contributed by atoms with E-state index in [1.807, 2.05) is 6.08 Å². The summed E-state index contributed by atoms with van der Waals surface area (Å²) < 4.78 is 22.8. The van der Waals surface area contributed by atoms with Gasteiger partial charge in [0.05, 0.1) is 32.0 Å². The van der Waals surface area contributed by atoms with Crippen LogP contribution in [0.15, 0.2) is 97.2 Å². The van der Waals surface area contributed by atoms with Gasteiger partial charge in [-0.3, -0.25) is 4.79 Å². The average molecular weight is 1140 g/mol. The minimum Gasteiger partial charge on any atom is -0.394 e. The molecule has 2 heterocycles. The van der Waals surface area contributed by atoms with Gasteiger partial charge in [-0.25, -0.2) is 0 Å². The third-order valence-electron chi connectivity index (χ3n) is 15.0. The quantitative estimate of drug-likeness (QED) is 0.0204. The van der Waals surface area contributed by atoms with Gasteiger partial charge in [0.1, 0.15) is 48.8 Å². The van der Waals surface area contributed by atoms with Crippen molar-refractivity contribution in [3.8, 4) is 0 Å². The van der Waals surface area contributed by atoms with Gasteiger partial charge in [0.2, 0.25) is 5.91 Å². The van der Waals surface area contributed by atoms with E-state index >= 15 is 0 Å². The molecule has 0 aromatic heterocycles. The fourth-order valence-electron chi connectivity index (χ4n) is 9.88. The molecule has 14 nitrogen and oxygen atoms in total. The van der Waals surface area contributed by atoms with Crippen molar-refractivity contribution in [1.29, 1.82) is 0 Å². The van der Waals surface area contributed by atoms with Crippen molar-refractivity contribution >= 4 is 5.91 Å². The summed E-state index contributed by atoms with van der Waals surface area (Å²) >= 11 is 0. The number of amides is 1. The summed E-state index contributed by atoms with van der Waals surface area (Å²) in [6.45, 7) is 2.63. The first kappa shape index (κ1) is 74.0. The third kappa shape index (κ3) is 36.4. The normalized spacial score (nSPS) is 24.8. The summed E-state index contributed by atoms with van der Waals surface area (Å²) in [7, 11) is 0. The number of hydrogen-bond donors (Lipinski definition) is 9. The van der Waals surface area contributed by atoms with Gasteiger partial charge in [0, 0.05) is 6.42 Å². The van der Waals surface area contributed by atoms with Crippen LogP contribution in [-0.2, 0) is 23.7 Å². The van der Waals surface area contributed by atoms with E-state index in [4.69, 9.17) is 18.9 Å². The number of nitrogens with one attached hydrogen (secondary N) is 1. The van der Waals surface area contributed by atoms with Crippen LogP contribution in [0.3, 0.4) is 0 Å². The van der Waals surface area contributed by atoms with Crippen molar-refractivity contribution in [3.05, 3.63) is 97.2 Å². The molecule has 9 N–H and O–H groups in total. The standard InChI is InChI=1S/C67H115NO13/c1-3-5-7-9-11-13-15-17-19-20-21-22-23-24-25-26-27-28-29-30-31-32-33-34-35-36-37-39-41-43-45-47-49-51-59(72)68-55(56(71)50-48-46-44-42-40-38-18-16-14-12-10-8-6-4-2)54-78-66-64(77)62(75)65(58(53-70)80-66)81-67-63(76)61(74)60(73)57(52-69)79-67/h5,7,11,13-14,16-17,19,21-22,24-25,40,42,48,50,55-58,60-67,69-71,73-77H,3-4,6,8-10,12,15,18,20,23,26-39,41,43-47,49,51-54H2,1-2H3,(H,68,72)/b7-5-,13-11-,16-14+,19-17-,22-21-,25-24-,42-40+,50-48+. The summed E-state index contributed by atoms with van der Waals surface area (Å²) in [6, 6.07) is -0.941. The molecular weight excluding hydrogens is 1030 g/mol. The van der Waals surface area contributed by atoms with Crippen LogP contribution >= 0.6 is 0 Å². The number of carbonyl (C=O) groups is 1. The second-order valence-corrected chi connectivity index (χ2v) is 22.1. The summed E-state index contributed by atoms with van der Waals surface area (Å²) in [5, 5.41) is 87.1. The largest absolute Gasteiger partial charge is 0.394 e. The SMILES string of the molecule is CC/C=C\C/C=C\C/C=C\C/C=C\C/C=C\CCCCCCCCCCCCCCCCCCCC(=O)NC(COC1OC(CO)C(OC2OC(CO)C(O)C(O)C2O)C(O)C1O)C(O)/C=C/CC/C=C/CC/C=C/CCCCCC. The highest BCUT2D eigenvalue weighted by atomic mass is 16.7. The van der Waals surface area contributed by atoms with Gasteiger partial charge in [-0.05, 0) is 89.9 Å². The molecule has 466 valence electrons. The Kier molecular flexibility index (Phi) is 46.9. The molecule has 1 amide bonds. The maximum Gasteiger partial charge on any atom is 0.220 e. The molecular formula is C67H115NO13. The molecule has 2 aliphatic heterocycles. The molecule has 0 aromatic carbocycles. The van der Waals surface area contributed by atoms with Gasteiger partial charge < -0.3 is 65.1 Å². The van der Waals surface area contributed by atoms with Crippen LogP contribution in [0.4, 0.5) is 0 Å². The third-order valence-corrected chi connectivity index (χ3v) is 15.0. The number of allylic oxidation sites excluding steroid dienone is 15. The Morgan fingerprint density at radius 1 is 0.457 bits per heavy atom. The Hall–Kier alpha value is -3.09. The van der Waals surface area contributed by atoms with Crippen molar-refractivity contribution < 1.29 is 64.6 Å². The van der Waals surface area contributed by atoms with E-state index in [-0.39, 0.29) is 18.9 Å². The summed E-state index contributed by atoms with van der Waals surface area (Å²) in [5.74, 6) is -0.256. The molecule has 2 saturated heterocycles. The number of aliphatic hydroxyl groups is 8. The van der Waals surface area contributed by atoms with E-state index in [1.165, 1.54) is 116 Å². The zero-order valence-electron chi connectivity index (χ0n) is 50.2. The molecule has 0 spiro atoms. The van der Waals surface area contributed by atoms with E-state index in [1.54, 1.807) is 6.08 Å². The summed E-state index contributed by atoms with van der Waals surface area (Å²) in [5.41, 5.74) is 0. The minimum absolute atomic E-state index is 0.256. The molecule has 14 heteroatoms. The highest BCUT2D eigenvalue weighted by molar-refractivity contribution is 5.76. The zero-order chi connectivity index (χ0) is 58.8. The predicted molar refractivity (Wildman–Crippen MR) is 327 cm³/mol. The maximum absolute atomic E-state index is 13.3. The van der Waals surface area contributed by atoms with Crippen molar-refractivity contribution in [3.63, 3.8) is 0 Å². The highest BCUT2D eigenvalue weighted by Gasteiger charge is 2.51. The number of aliphatic hydroxyl groups excluding tert-OH is 8. The van der Waals surface area contributed by atoms with Gasteiger partial charge in [0.15, 0.2) is 12.6 Å². The van der Waals surface area contributed by atoms with Gasteiger partial charge in [-0.15, -0.1) is 0 Å². The molecule has 12 atom stereocenters. The number of rotatable bonds is 50. The van der Waals surface area contributed by atoms with Gasteiger partial charge in [0.25, 0.3) is 0 Å². The van der Waals surface area contributed by atoms with Crippen molar-refractivity contribution in [2.24, 2.45) is 0 Å². The van der Waals surface area contributed by atoms with Crippen LogP contribution in [0.2, 0.25) is 0 Å². The molecule has 81 heavy (non-hydrogen) atoms. The number of carbonyl (C=O) groups excluding carboxylic acids is 1. The molecule has 2 rings (SSSR count). The maximum atomic E-state index is 13.3. The lowest BCUT2D eigenvalue weighted by molar-refractivity contribution is -0.359. The second-order valence-electron chi connectivity index (χ2n) is 22.1. The predicted octanol–water partition coefficient (Wildman–Crippen LogP) is 11.8. The lowest BCUT2D eigenvalue weighted by Crippen LogP contribution is -2.65.